The molecule has 2 atom stereocenters. The van der Waals surface area contributed by atoms with Gasteiger partial charge in [0.05, 0.1) is 43.6 Å². The number of carbonyl (C=O) groups excluding carboxylic acids is 3. The molecule has 1 amide bonds. The molecule has 0 unspecified atom stereocenters. The van der Waals surface area contributed by atoms with Crippen molar-refractivity contribution < 1.29 is 41.8 Å². The van der Waals surface area contributed by atoms with Gasteiger partial charge in [0.1, 0.15) is 6.42 Å². The monoisotopic (exact) mass is 640 g/mol. The van der Waals surface area contributed by atoms with Crippen LogP contribution in [-0.2, 0) is 25.3 Å². The summed E-state index contributed by atoms with van der Waals surface area (Å²) in [6, 6.07) is 9.76. The molecule has 1 aromatic heterocycles. The molecule has 2 heterocycles. The number of esters is 1. The van der Waals surface area contributed by atoms with Crippen molar-refractivity contribution in [3.63, 3.8) is 0 Å². The van der Waals surface area contributed by atoms with Crippen LogP contribution in [0.25, 0.3) is 5.69 Å². The van der Waals surface area contributed by atoms with Gasteiger partial charge in [-0.3, -0.25) is 19.0 Å². The van der Waals surface area contributed by atoms with Gasteiger partial charge in [-0.2, -0.15) is 13.2 Å². The average Bonchev–Trinajstić information content (AvgIpc) is 3.36. The van der Waals surface area contributed by atoms with E-state index in [4.69, 9.17) is 25.8 Å². The van der Waals surface area contributed by atoms with E-state index in [1.807, 2.05) is 0 Å². The summed E-state index contributed by atoms with van der Waals surface area (Å²) >= 11 is 7.62. The average molecular weight is 641 g/mol. The number of benzene rings is 2. The number of nitrogens with one attached hydrogen (secondary N) is 1. The van der Waals surface area contributed by atoms with E-state index in [1.54, 1.807) is 31.2 Å². The van der Waals surface area contributed by atoms with E-state index in [0.717, 1.165) is 4.57 Å². The van der Waals surface area contributed by atoms with Crippen LogP contribution in [-0.4, -0.2) is 59.8 Å². The fraction of sp³-hybridized carbons (Fsp3) is 0.393. The highest BCUT2D eigenvalue weighted by Crippen LogP contribution is 2.54. The third kappa shape index (κ3) is 7.24. The highest BCUT2D eigenvalue weighted by atomic mass is 35.5. The summed E-state index contributed by atoms with van der Waals surface area (Å²) in [5.74, 6) is -2.18. The lowest BCUT2D eigenvalue weighted by molar-refractivity contribution is -0.147. The number of para-hydroxylation sites is 1. The second kappa shape index (κ2) is 13.7. The summed E-state index contributed by atoms with van der Waals surface area (Å²) in [6.07, 6.45) is -5.43. The summed E-state index contributed by atoms with van der Waals surface area (Å²) in [7, 11) is 2.94. The Kier molecular flexibility index (Phi) is 10.2. The number of ketones is 1. The first-order valence-electron chi connectivity index (χ1n) is 13.1. The predicted octanol–water partition coefficient (Wildman–Crippen LogP) is 5.25. The number of ether oxygens (including phenoxy) is 3. The van der Waals surface area contributed by atoms with E-state index in [9.17, 15) is 27.6 Å². The summed E-state index contributed by atoms with van der Waals surface area (Å²) in [5, 5.41) is 8.79. The number of Topliss-reactive ketones (excluding diaryl/α,β-unsaturated/α-hetero) is 1. The maximum atomic E-state index is 14.2. The van der Waals surface area contributed by atoms with Gasteiger partial charge in [-0.15, -0.1) is 22.0 Å². The maximum absolute atomic E-state index is 14.2. The lowest BCUT2D eigenvalue weighted by atomic mass is 10.0. The molecule has 0 saturated heterocycles. The number of methoxy groups -OCH3 is 2. The number of carbonyl (C=O) groups is 3. The number of nitrogens with zero attached hydrogens (tertiary/aromatic N) is 3. The van der Waals surface area contributed by atoms with Crippen molar-refractivity contribution in [1.29, 1.82) is 0 Å². The molecule has 15 heteroatoms. The molecule has 0 radical (unpaired) electrons. The molecule has 0 aliphatic carbocycles. The van der Waals surface area contributed by atoms with Gasteiger partial charge in [-0.1, -0.05) is 23.7 Å². The van der Waals surface area contributed by atoms with E-state index in [-0.39, 0.29) is 31.0 Å². The number of hydrogen-bond donors (Lipinski definition) is 1. The van der Waals surface area contributed by atoms with Gasteiger partial charge >= 0.3 is 12.1 Å². The molecular formula is C28H28ClF3N4O6S. The van der Waals surface area contributed by atoms with Crippen molar-refractivity contribution in [2.24, 2.45) is 0 Å². The number of hydrogen-bond acceptors (Lipinski definition) is 9. The van der Waals surface area contributed by atoms with Gasteiger partial charge in [0.25, 0.3) is 0 Å². The normalized spacial score (nSPS) is 16.0. The number of halogens is 4. The Morgan fingerprint density at radius 2 is 1.86 bits per heavy atom. The van der Waals surface area contributed by atoms with E-state index in [2.05, 4.69) is 15.5 Å². The number of rotatable bonds is 11. The molecule has 0 fully saturated rings. The van der Waals surface area contributed by atoms with Crippen LogP contribution < -0.4 is 14.8 Å². The number of aromatic nitrogens is 3. The summed E-state index contributed by atoms with van der Waals surface area (Å²) in [4.78, 5) is 36.2. The van der Waals surface area contributed by atoms with Gasteiger partial charge in [-0.25, -0.2) is 0 Å². The number of amides is 1. The molecule has 1 N–H and O–H groups in total. The van der Waals surface area contributed by atoms with Gasteiger partial charge in [0, 0.05) is 17.0 Å². The first-order chi connectivity index (χ1) is 20.5. The Hall–Kier alpha value is -3.78. The minimum Gasteiger partial charge on any atom is -0.493 e. The largest absolute Gasteiger partial charge is 0.493 e. The Morgan fingerprint density at radius 1 is 1.09 bits per heavy atom. The second-order valence-corrected chi connectivity index (χ2v) is 11.1. The molecular weight excluding hydrogens is 613 g/mol. The minimum atomic E-state index is -4.83. The fourth-order valence-corrected chi connectivity index (χ4v) is 6.41. The maximum Gasteiger partial charge on any atom is 0.452 e. The highest BCUT2D eigenvalue weighted by Gasteiger charge is 2.43. The third-order valence-electron chi connectivity index (χ3n) is 6.52. The van der Waals surface area contributed by atoms with Gasteiger partial charge in [0.2, 0.25) is 11.7 Å². The van der Waals surface area contributed by atoms with Crippen molar-refractivity contribution >= 4 is 41.0 Å². The lowest BCUT2D eigenvalue weighted by Gasteiger charge is -2.24. The van der Waals surface area contributed by atoms with Gasteiger partial charge in [-0.05, 0) is 43.2 Å². The van der Waals surface area contributed by atoms with Crippen molar-refractivity contribution in [3.8, 4) is 17.2 Å². The summed E-state index contributed by atoms with van der Waals surface area (Å²) in [5.41, 5.74) is 1.24. The third-order valence-corrected chi connectivity index (χ3v) is 8.31. The molecule has 0 bridgehead atoms. The van der Waals surface area contributed by atoms with Crippen LogP contribution in [0.2, 0.25) is 5.02 Å². The molecule has 1 aliphatic rings. The summed E-state index contributed by atoms with van der Waals surface area (Å²) < 4.78 is 59.4. The van der Waals surface area contributed by atoms with Crippen LogP contribution in [0.15, 0.2) is 36.4 Å². The van der Waals surface area contributed by atoms with Crippen molar-refractivity contribution in [2.45, 2.75) is 42.9 Å². The molecule has 4 rings (SSSR count). The second-order valence-electron chi connectivity index (χ2n) is 9.34. The molecule has 230 valence electrons. The van der Waals surface area contributed by atoms with Crippen LogP contribution in [0.3, 0.4) is 0 Å². The predicted molar refractivity (Wildman–Crippen MR) is 152 cm³/mol. The first kappa shape index (κ1) is 32.1. The molecule has 10 nitrogen and oxygen atoms in total. The highest BCUT2D eigenvalue weighted by molar-refractivity contribution is 8.00. The zero-order chi connectivity index (χ0) is 31.3. The number of thioether (sulfide) groups is 1. The molecule has 0 saturated carbocycles. The molecule has 43 heavy (non-hydrogen) atoms. The Bertz CT molecular complexity index is 1520. The molecule has 2 aromatic carbocycles. The van der Waals surface area contributed by atoms with Crippen LogP contribution in [0.1, 0.15) is 59.5 Å². The summed E-state index contributed by atoms with van der Waals surface area (Å²) in [6.45, 7) is 1.34. The minimum absolute atomic E-state index is 0.00329. The lowest BCUT2D eigenvalue weighted by Crippen LogP contribution is -2.30. The van der Waals surface area contributed by atoms with Gasteiger partial charge < -0.3 is 19.5 Å². The number of alkyl halides is 3. The Morgan fingerprint density at radius 3 is 2.53 bits per heavy atom. The topological polar surface area (TPSA) is 122 Å². The standard InChI is InChI=1S/C28H28ClF3N4O6S/c1-4-42-23(39)13-16(37)14-33-22(38)11-10-21-26-34-35-27(28(30,31)32)36(26)19-9-8-15(29)12-18(19)25(43-21)17-6-5-7-20(40-2)24(17)41-3/h5-9,12,21,25H,4,10-11,13-14H2,1-3H3,(H,33,38)/t21-,25-/m1/s1. The Labute approximate surface area is 254 Å². The smallest absolute Gasteiger partial charge is 0.452 e. The van der Waals surface area contributed by atoms with Crippen molar-refractivity contribution in [3.05, 3.63) is 64.2 Å². The molecule has 1 aliphatic heterocycles. The SMILES string of the molecule is CCOC(=O)CC(=O)CNC(=O)CC[C@H]1S[C@H](c2cccc(OC)c2OC)c2cc(Cl)ccc2-n2c1nnc2C(F)(F)F. The van der Waals surface area contributed by atoms with Crippen molar-refractivity contribution in [1.82, 2.24) is 20.1 Å². The van der Waals surface area contributed by atoms with Gasteiger partial charge in [0.15, 0.2) is 23.1 Å². The zero-order valence-electron chi connectivity index (χ0n) is 23.4. The first-order valence-corrected chi connectivity index (χ1v) is 14.4. The van der Waals surface area contributed by atoms with Crippen LogP contribution in [0, 0.1) is 0 Å². The van der Waals surface area contributed by atoms with E-state index >= 15 is 0 Å². The van der Waals surface area contributed by atoms with E-state index in [0.29, 0.717) is 27.6 Å². The van der Waals surface area contributed by atoms with Crippen LogP contribution in [0.4, 0.5) is 13.2 Å². The van der Waals surface area contributed by atoms with Crippen LogP contribution >= 0.6 is 23.4 Å². The fourth-order valence-electron chi connectivity index (χ4n) is 4.70. The van der Waals surface area contributed by atoms with Crippen molar-refractivity contribution in [2.75, 3.05) is 27.4 Å². The Balaban J connectivity index is 1.71. The quantitative estimate of drug-likeness (QED) is 0.221. The number of fused-ring (bicyclic) bond motifs is 3. The van der Waals surface area contributed by atoms with E-state index < -0.39 is 53.1 Å². The zero-order valence-corrected chi connectivity index (χ0v) is 24.9. The molecule has 3 aromatic rings. The molecule has 0 spiro atoms. The van der Waals surface area contributed by atoms with E-state index in [1.165, 1.54) is 38.1 Å². The van der Waals surface area contributed by atoms with Crippen LogP contribution in [0.5, 0.6) is 11.5 Å².